The van der Waals surface area contributed by atoms with Gasteiger partial charge in [-0.15, -0.1) is 0 Å². The molecule has 0 aliphatic rings. The van der Waals surface area contributed by atoms with Gasteiger partial charge >= 0.3 is 0 Å². The van der Waals surface area contributed by atoms with Gasteiger partial charge in [0.25, 0.3) is 0 Å². The third kappa shape index (κ3) is 2.03. The lowest BCUT2D eigenvalue weighted by atomic mass is 10.3. The summed E-state index contributed by atoms with van der Waals surface area (Å²) in [6.45, 7) is 3.89. The highest BCUT2D eigenvalue weighted by Gasteiger charge is 1.99. The Morgan fingerprint density at radius 1 is 1.07 bits per heavy atom. The van der Waals surface area contributed by atoms with E-state index in [4.69, 9.17) is 0 Å². The van der Waals surface area contributed by atoms with Gasteiger partial charge in [0, 0.05) is 6.20 Å². The molecule has 0 bridgehead atoms. The maximum Gasteiger partial charge on any atom is 0.178 e. The topological polar surface area (TPSA) is 64.7 Å². The zero-order chi connectivity index (χ0) is 10.6. The van der Waals surface area contributed by atoms with Gasteiger partial charge in [0.1, 0.15) is 5.52 Å². The van der Waals surface area contributed by atoms with Crippen LogP contribution < -0.4 is 5.73 Å². The molecule has 14 heavy (non-hydrogen) atoms. The van der Waals surface area contributed by atoms with E-state index < -0.39 is 0 Å². The number of pyridine rings is 1. The average Bonchev–Trinajstić information content (AvgIpc) is 2.23. The summed E-state index contributed by atoms with van der Waals surface area (Å²) in [5.41, 5.74) is 8.00. The van der Waals surface area contributed by atoms with Gasteiger partial charge in [-0.1, -0.05) is 0 Å². The lowest BCUT2D eigenvalue weighted by Crippen LogP contribution is -1.94. The van der Waals surface area contributed by atoms with Crippen molar-refractivity contribution in [2.45, 2.75) is 13.8 Å². The van der Waals surface area contributed by atoms with Crippen LogP contribution in [0.2, 0.25) is 0 Å². The van der Waals surface area contributed by atoms with E-state index >= 15 is 0 Å². The van der Waals surface area contributed by atoms with Crippen LogP contribution in [0.15, 0.2) is 18.3 Å². The molecule has 0 atom stereocenters. The fourth-order valence-electron chi connectivity index (χ4n) is 1.06. The van der Waals surface area contributed by atoms with Crippen molar-refractivity contribution < 1.29 is 0 Å². The molecule has 0 aliphatic carbocycles. The average molecular weight is 190 g/mol. The smallest absolute Gasteiger partial charge is 0.178 e. The van der Waals surface area contributed by atoms with Gasteiger partial charge in [0.05, 0.1) is 11.4 Å². The Balaban J connectivity index is 0.000000461. The fourth-order valence-corrected chi connectivity index (χ4v) is 1.06. The summed E-state index contributed by atoms with van der Waals surface area (Å²) in [7, 11) is 1.50. The quantitative estimate of drug-likeness (QED) is 0.678. The molecular formula is C10H14N4. The normalized spacial score (nSPS) is 9.43. The van der Waals surface area contributed by atoms with E-state index in [1.165, 1.54) is 7.05 Å². The molecule has 74 valence electrons. The number of rotatable bonds is 0. The van der Waals surface area contributed by atoms with Crippen molar-refractivity contribution in [2.75, 3.05) is 7.05 Å². The molecule has 0 saturated heterocycles. The second-order valence-electron chi connectivity index (χ2n) is 2.74. The van der Waals surface area contributed by atoms with Gasteiger partial charge in [-0.25, -0.2) is 15.0 Å². The van der Waals surface area contributed by atoms with Crippen LogP contribution in [0.25, 0.3) is 11.2 Å². The Morgan fingerprint density at radius 3 is 2.43 bits per heavy atom. The van der Waals surface area contributed by atoms with Crippen molar-refractivity contribution in [3.8, 4) is 0 Å². The Morgan fingerprint density at radius 2 is 1.71 bits per heavy atom. The van der Waals surface area contributed by atoms with Crippen LogP contribution in [0.5, 0.6) is 0 Å². The summed E-state index contributed by atoms with van der Waals surface area (Å²) in [4.78, 5) is 12.8. The van der Waals surface area contributed by atoms with E-state index in [9.17, 15) is 0 Å². The van der Waals surface area contributed by atoms with Crippen LogP contribution in [0.3, 0.4) is 0 Å². The van der Waals surface area contributed by atoms with Gasteiger partial charge in [-0.3, -0.25) is 0 Å². The molecule has 0 spiro atoms. The lowest BCUT2D eigenvalue weighted by molar-refractivity contribution is 1.08. The number of aromatic nitrogens is 3. The molecule has 0 radical (unpaired) electrons. The first kappa shape index (κ1) is 10.5. The van der Waals surface area contributed by atoms with E-state index in [2.05, 4.69) is 20.7 Å². The second kappa shape index (κ2) is 4.62. The third-order valence-electron chi connectivity index (χ3n) is 1.85. The number of aryl methyl sites for hydroxylation is 2. The fraction of sp³-hybridized carbons (Fsp3) is 0.300. The van der Waals surface area contributed by atoms with E-state index in [0.717, 1.165) is 22.6 Å². The molecule has 0 amide bonds. The number of fused-ring (bicyclic) bond motifs is 1. The minimum Gasteiger partial charge on any atom is -0.333 e. The second-order valence-corrected chi connectivity index (χ2v) is 2.74. The first-order valence-electron chi connectivity index (χ1n) is 4.41. The Kier molecular flexibility index (Phi) is 3.48. The molecule has 2 heterocycles. The highest BCUT2D eigenvalue weighted by atomic mass is 14.9. The monoisotopic (exact) mass is 190 g/mol. The summed E-state index contributed by atoms with van der Waals surface area (Å²) in [6.07, 6.45) is 1.73. The standard InChI is InChI=1S/C9H9N3.CH5N/c1-6-7(2)12-9-8(11-6)4-3-5-10-9;1-2/h3-5H,1-2H3;2H2,1H3. The number of hydrogen-bond donors (Lipinski definition) is 1. The zero-order valence-corrected chi connectivity index (χ0v) is 8.65. The molecule has 4 heteroatoms. The molecular weight excluding hydrogens is 176 g/mol. The third-order valence-corrected chi connectivity index (χ3v) is 1.85. The number of hydrogen-bond acceptors (Lipinski definition) is 4. The van der Waals surface area contributed by atoms with Crippen LogP contribution in [-0.2, 0) is 0 Å². The molecule has 2 rings (SSSR count). The molecule has 0 aromatic carbocycles. The maximum atomic E-state index is 4.50. The SMILES string of the molecule is CN.Cc1nc2cccnc2nc1C. The van der Waals surface area contributed by atoms with Crippen molar-refractivity contribution in [1.29, 1.82) is 0 Å². The van der Waals surface area contributed by atoms with Crippen molar-refractivity contribution in [3.05, 3.63) is 29.7 Å². The first-order valence-corrected chi connectivity index (χ1v) is 4.41. The summed E-state index contributed by atoms with van der Waals surface area (Å²) in [5.74, 6) is 0. The Hall–Kier alpha value is -1.55. The highest BCUT2D eigenvalue weighted by Crippen LogP contribution is 2.08. The van der Waals surface area contributed by atoms with E-state index in [-0.39, 0.29) is 0 Å². The van der Waals surface area contributed by atoms with Gasteiger partial charge in [-0.2, -0.15) is 0 Å². The lowest BCUT2D eigenvalue weighted by Gasteiger charge is -1.99. The summed E-state index contributed by atoms with van der Waals surface area (Å²) in [5, 5.41) is 0. The van der Waals surface area contributed by atoms with Gasteiger partial charge in [0.2, 0.25) is 0 Å². The molecule has 0 aliphatic heterocycles. The highest BCUT2D eigenvalue weighted by molar-refractivity contribution is 5.69. The first-order chi connectivity index (χ1) is 6.77. The minimum absolute atomic E-state index is 0.723. The summed E-state index contributed by atoms with van der Waals surface area (Å²) in [6, 6.07) is 3.79. The zero-order valence-electron chi connectivity index (χ0n) is 8.65. The predicted molar refractivity (Wildman–Crippen MR) is 56.9 cm³/mol. The minimum atomic E-state index is 0.723. The molecule has 0 saturated carbocycles. The van der Waals surface area contributed by atoms with Gasteiger partial charge < -0.3 is 5.73 Å². The van der Waals surface area contributed by atoms with Crippen molar-refractivity contribution in [1.82, 2.24) is 15.0 Å². The van der Waals surface area contributed by atoms with Crippen LogP contribution >= 0.6 is 0 Å². The van der Waals surface area contributed by atoms with Crippen LogP contribution in [0, 0.1) is 13.8 Å². The summed E-state index contributed by atoms with van der Waals surface area (Å²) < 4.78 is 0. The van der Waals surface area contributed by atoms with Crippen LogP contribution in [0.1, 0.15) is 11.4 Å². The Bertz CT molecular complexity index is 385. The van der Waals surface area contributed by atoms with Gasteiger partial charge in [0.15, 0.2) is 5.65 Å². The maximum absolute atomic E-state index is 4.50. The van der Waals surface area contributed by atoms with E-state index in [0.29, 0.717) is 0 Å². The predicted octanol–water partition coefficient (Wildman–Crippen LogP) is 1.22. The van der Waals surface area contributed by atoms with Crippen molar-refractivity contribution >= 4 is 11.2 Å². The van der Waals surface area contributed by atoms with Gasteiger partial charge in [-0.05, 0) is 33.0 Å². The van der Waals surface area contributed by atoms with E-state index in [1.807, 2.05) is 26.0 Å². The van der Waals surface area contributed by atoms with E-state index in [1.54, 1.807) is 6.20 Å². The van der Waals surface area contributed by atoms with Crippen LogP contribution in [0.4, 0.5) is 0 Å². The molecule has 2 N–H and O–H groups in total. The largest absolute Gasteiger partial charge is 0.333 e. The molecule has 0 fully saturated rings. The van der Waals surface area contributed by atoms with Crippen LogP contribution in [-0.4, -0.2) is 22.0 Å². The van der Waals surface area contributed by atoms with Crippen molar-refractivity contribution in [3.63, 3.8) is 0 Å². The molecule has 4 nitrogen and oxygen atoms in total. The molecule has 2 aromatic heterocycles. The molecule has 0 unspecified atom stereocenters. The number of nitrogens with two attached hydrogens (primary N) is 1. The molecule has 2 aromatic rings. The Labute approximate surface area is 83.2 Å². The van der Waals surface area contributed by atoms with Crippen molar-refractivity contribution in [2.24, 2.45) is 5.73 Å². The number of nitrogens with zero attached hydrogens (tertiary/aromatic N) is 3. The summed E-state index contributed by atoms with van der Waals surface area (Å²) >= 11 is 0.